The van der Waals surface area contributed by atoms with Crippen molar-refractivity contribution in [3.63, 3.8) is 0 Å². The second-order valence-electron chi connectivity index (χ2n) is 9.10. The Balaban J connectivity index is 1.47. The third-order valence-electron chi connectivity index (χ3n) is 6.73. The van der Waals surface area contributed by atoms with Crippen molar-refractivity contribution in [3.05, 3.63) is 114 Å². The molecule has 1 amide bonds. The van der Waals surface area contributed by atoms with E-state index in [-0.39, 0.29) is 30.1 Å². The van der Waals surface area contributed by atoms with Gasteiger partial charge in [0.15, 0.2) is 5.11 Å². The van der Waals surface area contributed by atoms with Crippen molar-refractivity contribution in [3.8, 4) is 5.69 Å². The molecule has 0 spiro atoms. The standard InChI is InChI=1S/C29H28FN5OS/c1-19-18-22(20(2)35(19)21-10-4-3-5-11-21)28-27(25-14-8-9-16-31-25)33-29(37)34(28)17-15-26(36)32-24-13-7-6-12-23(24)30/h3-14,16,18,27-28H,15,17H2,1-2H3,(H,32,36)(H,33,37). The third-order valence-corrected chi connectivity index (χ3v) is 7.08. The molecule has 2 unspecified atom stereocenters. The highest BCUT2D eigenvalue weighted by molar-refractivity contribution is 7.80. The number of amides is 1. The second kappa shape index (κ2) is 10.5. The minimum atomic E-state index is -0.462. The SMILES string of the molecule is Cc1cc(C2C(c3ccccn3)NC(=S)N2CCC(=O)Nc2ccccc2F)c(C)n1-c1ccccc1. The van der Waals surface area contributed by atoms with Crippen molar-refractivity contribution in [2.24, 2.45) is 0 Å². The van der Waals surface area contributed by atoms with Crippen molar-refractivity contribution in [1.82, 2.24) is 19.8 Å². The number of aryl methyl sites for hydroxylation is 1. The van der Waals surface area contributed by atoms with E-state index >= 15 is 0 Å². The number of para-hydroxylation sites is 2. The number of anilines is 1. The van der Waals surface area contributed by atoms with Gasteiger partial charge in [0.05, 0.1) is 23.5 Å². The molecule has 5 rings (SSSR count). The van der Waals surface area contributed by atoms with Gasteiger partial charge in [0.25, 0.3) is 0 Å². The number of hydrogen-bond acceptors (Lipinski definition) is 3. The number of pyridine rings is 1. The maximum absolute atomic E-state index is 14.0. The molecule has 2 N–H and O–H groups in total. The van der Waals surface area contributed by atoms with Gasteiger partial charge >= 0.3 is 0 Å². The van der Waals surface area contributed by atoms with Gasteiger partial charge in [0, 0.05) is 36.2 Å². The number of nitrogens with one attached hydrogen (secondary N) is 2. The van der Waals surface area contributed by atoms with Crippen LogP contribution in [0.15, 0.2) is 85.1 Å². The van der Waals surface area contributed by atoms with Crippen LogP contribution in [-0.4, -0.2) is 32.0 Å². The van der Waals surface area contributed by atoms with E-state index in [2.05, 4.69) is 52.2 Å². The van der Waals surface area contributed by atoms with Gasteiger partial charge in [-0.25, -0.2) is 4.39 Å². The van der Waals surface area contributed by atoms with Crippen molar-refractivity contribution < 1.29 is 9.18 Å². The Morgan fingerprint density at radius 3 is 2.51 bits per heavy atom. The number of carbonyl (C=O) groups is 1. The maximum atomic E-state index is 14.0. The Hall–Kier alpha value is -4.04. The summed E-state index contributed by atoms with van der Waals surface area (Å²) in [6, 6.07) is 24.0. The van der Waals surface area contributed by atoms with Gasteiger partial charge in [-0.3, -0.25) is 9.78 Å². The summed E-state index contributed by atoms with van der Waals surface area (Å²) < 4.78 is 16.3. The fourth-order valence-corrected chi connectivity index (χ4v) is 5.38. The Bertz CT molecular complexity index is 1420. The van der Waals surface area contributed by atoms with Crippen LogP contribution in [0.4, 0.5) is 10.1 Å². The number of hydrogen-bond donors (Lipinski definition) is 2. The van der Waals surface area contributed by atoms with Crippen LogP contribution in [-0.2, 0) is 4.79 Å². The molecule has 1 saturated heterocycles. The largest absolute Gasteiger partial charge is 0.352 e. The normalized spacial score (nSPS) is 17.1. The van der Waals surface area contributed by atoms with Crippen molar-refractivity contribution >= 4 is 28.9 Å². The van der Waals surface area contributed by atoms with Gasteiger partial charge in [-0.2, -0.15) is 0 Å². The monoisotopic (exact) mass is 513 g/mol. The Morgan fingerprint density at radius 1 is 1.05 bits per heavy atom. The number of nitrogens with zero attached hydrogens (tertiary/aromatic N) is 3. The highest BCUT2D eigenvalue weighted by Crippen LogP contribution is 2.41. The van der Waals surface area contributed by atoms with E-state index in [9.17, 15) is 9.18 Å². The van der Waals surface area contributed by atoms with E-state index in [4.69, 9.17) is 12.2 Å². The molecule has 1 aliphatic heterocycles. The molecule has 188 valence electrons. The van der Waals surface area contributed by atoms with Crippen LogP contribution in [0.3, 0.4) is 0 Å². The molecule has 6 nitrogen and oxygen atoms in total. The van der Waals surface area contributed by atoms with Crippen LogP contribution in [0.5, 0.6) is 0 Å². The zero-order chi connectivity index (χ0) is 25.9. The predicted octanol–water partition coefficient (Wildman–Crippen LogP) is 5.63. The predicted molar refractivity (Wildman–Crippen MR) is 147 cm³/mol. The first kappa shape index (κ1) is 24.6. The summed E-state index contributed by atoms with van der Waals surface area (Å²) in [5, 5.41) is 6.67. The molecular weight excluding hydrogens is 485 g/mol. The van der Waals surface area contributed by atoms with E-state index in [1.54, 1.807) is 24.4 Å². The van der Waals surface area contributed by atoms with E-state index in [0.717, 1.165) is 28.3 Å². The number of benzene rings is 2. The first-order valence-electron chi connectivity index (χ1n) is 12.2. The lowest BCUT2D eigenvalue weighted by Gasteiger charge is -2.28. The molecule has 0 radical (unpaired) electrons. The molecule has 2 atom stereocenters. The van der Waals surface area contributed by atoms with E-state index in [0.29, 0.717) is 11.7 Å². The molecule has 2 aromatic heterocycles. The van der Waals surface area contributed by atoms with Crippen LogP contribution in [0.25, 0.3) is 5.69 Å². The fraction of sp³-hybridized carbons (Fsp3) is 0.207. The Labute approximate surface area is 221 Å². The minimum Gasteiger partial charge on any atom is -0.352 e. The van der Waals surface area contributed by atoms with Gasteiger partial charge in [-0.05, 0) is 74.1 Å². The molecular formula is C29H28FN5OS. The van der Waals surface area contributed by atoms with Gasteiger partial charge in [0.2, 0.25) is 5.91 Å². The summed E-state index contributed by atoms with van der Waals surface area (Å²) in [5.74, 6) is -0.738. The average Bonchev–Trinajstić information content (AvgIpc) is 3.39. The third kappa shape index (κ3) is 4.97. The van der Waals surface area contributed by atoms with Crippen LogP contribution in [0.1, 0.15) is 41.1 Å². The van der Waals surface area contributed by atoms with Gasteiger partial charge in [-0.1, -0.05) is 36.4 Å². The van der Waals surface area contributed by atoms with E-state index in [1.807, 2.05) is 41.3 Å². The van der Waals surface area contributed by atoms with Crippen LogP contribution >= 0.6 is 12.2 Å². The van der Waals surface area contributed by atoms with Crippen molar-refractivity contribution in [2.45, 2.75) is 32.4 Å². The first-order chi connectivity index (χ1) is 17.9. The highest BCUT2D eigenvalue weighted by atomic mass is 32.1. The number of rotatable bonds is 7. The number of aromatic nitrogens is 2. The number of thiocarbonyl (C=S) groups is 1. The lowest BCUT2D eigenvalue weighted by Crippen LogP contribution is -2.33. The lowest BCUT2D eigenvalue weighted by molar-refractivity contribution is -0.116. The summed E-state index contributed by atoms with van der Waals surface area (Å²) in [5.41, 5.74) is 5.44. The highest BCUT2D eigenvalue weighted by Gasteiger charge is 2.41. The van der Waals surface area contributed by atoms with Gasteiger partial charge in [-0.15, -0.1) is 0 Å². The van der Waals surface area contributed by atoms with E-state index < -0.39 is 5.82 Å². The van der Waals surface area contributed by atoms with Crippen LogP contribution in [0.2, 0.25) is 0 Å². The average molecular weight is 514 g/mol. The zero-order valence-corrected chi connectivity index (χ0v) is 21.5. The molecule has 1 aliphatic rings. The van der Waals surface area contributed by atoms with Gasteiger partial charge < -0.3 is 20.1 Å². The molecule has 0 bridgehead atoms. The number of carbonyl (C=O) groups excluding carboxylic acids is 1. The summed E-state index contributed by atoms with van der Waals surface area (Å²) >= 11 is 5.76. The first-order valence-corrected chi connectivity index (χ1v) is 12.6. The molecule has 0 saturated carbocycles. The van der Waals surface area contributed by atoms with Crippen molar-refractivity contribution in [1.29, 1.82) is 0 Å². The molecule has 37 heavy (non-hydrogen) atoms. The fourth-order valence-electron chi connectivity index (χ4n) is 5.04. The van der Waals surface area contributed by atoms with Crippen LogP contribution in [0, 0.1) is 19.7 Å². The summed E-state index contributed by atoms with van der Waals surface area (Å²) in [6.07, 6.45) is 1.92. The van der Waals surface area contributed by atoms with Crippen molar-refractivity contribution in [2.75, 3.05) is 11.9 Å². The lowest BCUT2D eigenvalue weighted by atomic mass is 9.96. The van der Waals surface area contributed by atoms with E-state index in [1.165, 1.54) is 6.07 Å². The minimum absolute atomic E-state index is 0.152. The Kier molecular flexibility index (Phi) is 7.01. The quantitative estimate of drug-likeness (QED) is 0.314. The van der Waals surface area contributed by atoms with Crippen LogP contribution < -0.4 is 10.6 Å². The molecule has 8 heteroatoms. The molecule has 4 aromatic rings. The smallest absolute Gasteiger partial charge is 0.226 e. The second-order valence-corrected chi connectivity index (χ2v) is 9.48. The molecule has 2 aromatic carbocycles. The maximum Gasteiger partial charge on any atom is 0.226 e. The zero-order valence-electron chi connectivity index (χ0n) is 20.7. The summed E-state index contributed by atoms with van der Waals surface area (Å²) in [4.78, 5) is 19.4. The summed E-state index contributed by atoms with van der Waals surface area (Å²) in [6.45, 7) is 4.57. The number of halogens is 1. The summed E-state index contributed by atoms with van der Waals surface area (Å²) in [7, 11) is 0. The molecule has 0 aliphatic carbocycles. The topological polar surface area (TPSA) is 62.2 Å². The molecule has 3 heterocycles. The Morgan fingerprint density at radius 2 is 1.78 bits per heavy atom. The molecule has 1 fully saturated rings. The van der Waals surface area contributed by atoms with Gasteiger partial charge in [0.1, 0.15) is 5.82 Å².